The molecule has 0 fully saturated rings. The van der Waals surface area contributed by atoms with E-state index in [0.717, 1.165) is 11.1 Å². The monoisotopic (exact) mass is 363 g/mol. The van der Waals surface area contributed by atoms with Gasteiger partial charge in [0.05, 0.1) is 11.6 Å². The van der Waals surface area contributed by atoms with Gasteiger partial charge < -0.3 is 5.84 Å². The molecule has 0 unspecified atom stereocenters. The third-order valence-electron chi connectivity index (χ3n) is 4.17. The van der Waals surface area contributed by atoms with Crippen molar-refractivity contribution in [3.63, 3.8) is 0 Å². The molecular formula is C20H21N5S. The lowest BCUT2D eigenvalue weighted by atomic mass is 9.87. The number of aromatic nitrogens is 3. The van der Waals surface area contributed by atoms with Gasteiger partial charge in [0.15, 0.2) is 5.82 Å². The number of benzene rings is 2. The lowest BCUT2D eigenvalue weighted by Gasteiger charge is -2.19. The van der Waals surface area contributed by atoms with Crippen LogP contribution in [0.4, 0.5) is 0 Å². The normalized spacial score (nSPS) is 11.3. The minimum Gasteiger partial charge on any atom is -0.335 e. The van der Waals surface area contributed by atoms with E-state index in [-0.39, 0.29) is 5.41 Å². The number of thioether (sulfide) groups is 1. The molecule has 0 atom stereocenters. The van der Waals surface area contributed by atoms with Crippen LogP contribution < -0.4 is 5.84 Å². The molecule has 1 aromatic heterocycles. The van der Waals surface area contributed by atoms with Crippen LogP contribution in [0.2, 0.25) is 0 Å². The molecule has 0 saturated heterocycles. The number of nitrogens with two attached hydrogens (primary N) is 1. The van der Waals surface area contributed by atoms with E-state index in [2.05, 4.69) is 49.2 Å². The van der Waals surface area contributed by atoms with Crippen molar-refractivity contribution in [3.05, 3.63) is 65.2 Å². The third-order valence-corrected chi connectivity index (χ3v) is 5.16. The van der Waals surface area contributed by atoms with Crippen molar-refractivity contribution in [3.8, 4) is 17.5 Å². The van der Waals surface area contributed by atoms with Crippen LogP contribution in [0.5, 0.6) is 0 Å². The smallest absolute Gasteiger partial charge is 0.210 e. The molecule has 132 valence electrons. The lowest BCUT2D eigenvalue weighted by molar-refractivity contribution is 0.590. The van der Waals surface area contributed by atoms with Gasteiger partial charge in [-0.2, -0.15) is 5.26 Å². The van der Waals surface area contributed by atoms with Crippen LogP contribution in [-0.4, -0.2) is 14.9 Å². The molecule has 3 rings (SSSR count). The molecule has 3 aromatic rings. The summed E-state index contributed by atoms with van der Waals surface area (Å²) in [6, 6.07) is 18.0. The predicted molar refractivity (Wildman–Crippen MR) is 105 cm³/mol. The molecule has 0 aliphatic heterocycles. The summed E-state index contributed by atoms with van der Waals surface area (Å²) in [4.78, 5) is 0. The van der Waals surface area contributed by atoms with E-state index in [1.54, 1.807) is 0 Å². The first-order valence-corrected chi connectivity index (χ1v) is 9.31. The van der Waals surface area contributed by atoms with E-state index in [9.17, 15) is 5.26 Å². The van der Waals surface area contributed by atoms with Crippen molar-refractivity contribution in [2.45, 2.75) is 37.1 Å². The molecule has 1 heterocycles. The van der Waals surface area contributed by atoms with Gasteiger partial charge in [-0.05, 0) is 22.6 Å². The second-order valence-electron chi connectivity index (χ2n) is 7.06. The summed E-state index contributed by atoms with van der Waals surface area (Å²) in [7, 11) is 0. The standard InChI is InChI=1S/C20H21N5S/c1-20(2,3)17-10-8-14(9-11-17)18-23-24-19(25(18)22)26-13-16-7-5-4-6-15(16)12-21/h4-11H,13,22H2,1-3H3. The summed E-state index contributed by atoms with van der Waals surface area (Å²) < 4.78 is 1.51. The van der Waals surface area contributed by atoms with E-state index in [1.165, 1.54) is 22.0 Å². The van der Waals surface area contributed by atoms with Crippen molar-refractivity contribution in [2.24, 2.45) is 0 Å². The van der Waals surface area contributed by atoms with Crippen LogP contribution in [0, 0.1) is 11.3 Å². The second kappa shape index (κ2) is 7.22. The lowest BCUT2D eigenvalue weighted by Crippen LogP contribution is -2.12. The second-order valence-corrected chi connectivity index (χ2v) is 8.00. The Morgan fingerprint density at radius 1 is 1.08 bits per heavy atom. The number of nitrogens with zero attached hydrogens (tertiary/aromatic N) is 4. The molecule has 0 amide bonds. The molecule has 0 saturated carbocycles. The van der Waals surface area contributed by atoms with Gasteiger partial charge in [-0.15, -0.1) is 10.2 Å². The van der Waals surface area contributed by atoms with Gasteiger partial charge in [0.1, 0.15) is 0 Å². The zero-order chi connectivity index (χ0) is 18.7. The Balaban J connectivity index is 1.79. The van der Waals surface area contributed by atoms with E-state index >= 15 is 0 Å². The average molecular weight is 363 g/mol. The fraction of sp³-hybridized carbons (Fsp3) is 0.250. The van der Waals surface area contributed by atoms with Crippen molar-refractivity contribution in [2.75, 3.05) is 5.84 Å². The molecule has 0 bridgehead atoms. The maximum atomic E-state index is 9.19. The minimum atomic E-state index is 0.101. The SMILES string of the molecule is CC(C)(C)c1ccc(-c2nnc(SCc3ccccc3C#N)n2N)cc1. The summed E-state index contributed by atoms with van der Waals surface area (Å²) in [5.74, 6) is 7.44. The average Bonchev–Trinajstić information content (AvgIpc) is 3.00. The molecule has 0 spiro atoms. The Bertz CT molecular complexity index is 946. The number of rotatable bonds is 4. The van der Waals surface area contributed by atoms with Gasteiger partial charge in [0.2, 0.25) is 5.16 Å². The summed E-state index contributed by atoms with van der Waals surface area (Å²) >= 11 is 1.47. The quantitative estimate of drug-likeness (QED) is 0.557. The fourth-order valence-electron chi connectivity index (χ4n) is 2.59. The fourth-order valence-corrected chi connectivity index (χ4v) is 3.45. The predicted octanol–water partition coefficient (Wildman–Crippen LogP) is 4.12. The first-order chi connectivity index (χ1) is 12.4. The molecule has 0 aliphatic carbocycles. The van der Waals surface area contributed by atoms with Crippen molar-refractivity contribution in [1.29, 1.82) is 5.26 Å². The molecule has 2 N–H and O–H groups in total. The van der Waals surface area contributed by atoms with Crippen molar-refractivity contribution in [1.82, 2.24) is 14.9 Å². The number of nitriles is 1. The highest BCUT2D eigenvalue weighted by Gasteiger charge is 2.16. The Kier molecular flexibility index (Phi) is 5.01. The van der Waals surface area contributed by atoms with Crippen LogP contribution in [0.1, 0.15) is 37.5 Å². The van der Waals surface area contributed by atoms with Gasteiger partial charge in [-0.3, -0.25) is 0 Å². The topological polar surface area (TPSA) is 80.5 Å². The van der Waals surface area contributed by atoms with Crippen LogP contribution >= 0.6 is 11.8 Å². The molecule has 5 nitrogen and oxygen atoms in total. The third kappa shape index (κ3) is 3.73. The van der Waals surface area contributed by atoms with Gasteiger partial charge in [-0.25, -0.2) is 4.68 Å². The maximum absolute atomic E-state index is 9.19. The van der Waals surface area contributed by atoms with Gasteiger partial charge in [0.25, 0.3) is 0 Å². The molecule has 26 heavy (non-hydrogen) atoms. The Hall–Kier alpha value is -2.78. The molecule has 2 aromatic carbocycles. The van der Waals surface area contributed by atoms with Crippen LogP contribution in [-0.2, 0) is 11.2 Å². The first kappa shape index (κ1) is 18.0. The van der Waals surface area contributed by atoms with E-state index in [4.69, 9.17) is 5.84 Å². The number of nitrogen functional groups attached to an aromatic ring is 1. The largest absolute Gasteiger partial charge is 0.335 e. The van der Waals surface area contributed by atoms with Crippen molar-refractivity contribution < 1.29 is 0 Å². The van der Waals surface area contributed by atoms with E-state index in [1.807, 2.05) is 36.4 Å². The number of hydrogen-bond donors (Lipinski definition) is 1. The summed E-state index contributed by atoms with van der Waals surface area (Å²) in [5.41, 5.74) is 3.91. The maximum Gasteiger partial charge on any atom is 0.210 e. The van der Waals surface area contributed by atoms with Crippen molar-refractivity contribution >= 4 is 11.8 Å². The summed E-state index contributed by atoms with van der Waals surface area (Å²) in [5, 5.41) is 18.2. The first-order valence-electron chi connectivity index (χ1n) is 8.32. The molecule has 0 aliphatic rings. The van der Waals surface area contributed by atoms with Crippen LogP contribution in [0.15, 0.2) is 53.7 Å². The Morgan fingerprint density at radius 2 is 1.77 bits per heavy atom. The van der Waals surface area contributed by atoms with E-state index in [0.29, 0.717) is 22.3 Å². The highest BCUT2D eigenvalue weighted by molar-refractivity contribution is 7.98. The molecule has 0 radical (unpaired) electrons. The molecular weight excluding hydrogens is 342 g/mol. The van der Waals surface area contributed by atoms with Gasteiger partial charge in [-0.1, -0.05) is 75.0 Å². The Morgan fingerprint density at radius 3 is 2.42 bits per heavy atom. The zero-order valence-corrected chi connectivity index (χ0v) is 15.9. The number of hydrogen-bond acceptors (Lipinski definition) is 5. The highest BCUT2D eigenvalue weighted by Crippen LogP contribution is 2.28. The highest BCUT2D eigenvalue weighted by atomic mass is 32.2. The minimum absolute atomic E-state index is 0.101. The van der Waals surface area contributed by atoms with Gasteiger partial charge >= 0.3 is 0 Å². The molecule has 6 heteroatoms. The Labute approximate surface area is 157 Å². The zero-order valence-electron chi connectivity index (χ0n) is 15.1. The summed E-state index contributed by atoms with van der Waals surface area (Å²) in [6.07, 6.45) is 0. The summed E-state index contributed by atoms with van der Waals surface area (Å²) in [6.45, 7) is 6.55. The van der Waals surface area contributed by atoms with Crippen LogP contribution in [0.3, 0.4) is 0 Å². The van der Waals surface area contributed by atoms with E-state index < -0.39 is 0 Å². The van der Waals surface area contributed by atoms with Gasteiger partial charge in [0, 0.05) is 11.3 Å². The van der Waals surface area contributed by atoms with Crippen LogP contribution in [0.25, 0.3) is 11.4 Å².